The molecule has 3 rings (SSSR count). The van der Waals surface area contributed by atoms with E-state index < -0.39 is 10.0 Å². The monoisotopic (exact) mass is 396 g/mol. The Hall–Kier alpha value is -3.46. The van der Waals surface area contributed by atoms with Gasteiger partial charge in [0.15, 0.2) is 5.03 Å². The molecule has 0 saturated heterocycles. The van der Waals surface area contributed by atoms with E-state index in [9.17, 15) is 8.42 Å². The summed E-state index contributed by atoms with van der Waals surface area (Å²) in [7, 11) is -2.11. The summed E-state index contributed by atoms with van der Waals surface area (Å²) in [6, 6.07) is 10.1. The third kappa shape index (κ3) is 3.94. The van der Waals surface area contributed by atoms with Gasteiger partial charge in [0.2, 0.25) is 0 Å². The largest absolute Gasteiger partial charge is 0.404 e. The Morgan fingerprint density at radius 1 is 1.21 bits per heavy atom. The molecule has 144 valence electrons. The van der Waals surface area contributed by atoms with Crippen LogP contribution in [0.5, 0.6) is 0 Å². The van der Waals surface area contributed by atoms with E-state index >= 15 is 0 Å². The van der Waals surface area contributed by atoms with E-state index in [1.165, 1.54) is 12.4 Å². The van der Waals surface area contributed by atoms with Gasteiger partial charge in [-0.3, -0.25) is 15.1 Å². The maximum atomic E-state index is 12.6. The summed E-state index contributed by atoms with van der Waals surface area (Å²) >= 11 is 0. The van der Waals surface area contributed by atoms with E-state index in [2.05, 4.69) is 14.7 Å². The number of pyridine rings is 1. The lowest BCUT2D eigenvalue weighted by Crippen LogP contribution is -2.14. The number of hydrogen-bond acceptors (Lipinski definition) is 6. The van der Waals surface area contributed by atoms with E-state index in [0.717, 1.165) is 5.56 Å². The molecule has 0 saturated carbocycles. The number of nitrogens with one attached hydrogen (secondary N) is 2. The van der Waals surface area contributed by atoms with Gasteiger partial charge in [-0.2, -0.15) is 8.42 Å². The molecule has 0 radical (unpaired) electrons. The lowest BCUT2D eigenvalue weighted by molar-refractivity contribution is 0.598. The Morgan fingerprint density at radius 2 is 1.93 bits per heavy atom. The first-order valence-corrected chi connectivity index (χ1v) is 9.84. The summed E-state index contributed by atoms with van der Waals surface area (Å²) < 4.78 is 29.3. The molecular weight excluding hydrogens is 376 g/mol. The van der Waals surface area contributed by atoms with Crippen LogP contribution in [-0.2, 0) is 17.1 Å². The lowest BCUT2D eigenvalue weighted by atomic mass is 9.97. The zero-order valence-corrected chi connectivity index (χ0v) is 16.2. The van der Waals surface area contributed by atoms with Crippen LogP contribution in [0.3, 0.4) is 0 Å². The number of nitrogens with two attached hydrogens (primary N) is 1. The number of imidazole rings is 1. The Bertz CT molecular complexity index is 1130. The summed E-state index contributed by atoms with van der Waals surface area (Å²) in [5.74, 6) is 0.589. The zero-order valence-electron chi connectivity index (χ0n) is 15.4. The predicted octanol–water partition coefficient (Wildman–Crippen LogP) is 2.29. The van der Waals surface area contributed by atoms with Gasteiger partial charge in [-0.05, 0) is 36.8 Å². The van der Waals surface area contributed by atoms with Crippen LogP contribution in [0.1, 0.15) is 17.0 Å². The highest BCUT2D eigenvalue weighted by molar-refractivity contribution is 7.92. The molecule has 0 atom stereocenters. The summed E-state index contributed by atoms with van der Waals surface area (Å²) in [5.41, 5.74) is 8.01. The molecule has 2 heterocycles. The number of allylic oxidation sites excluding steroid dienone is 1. The van der Waals surface area contributed by atoms with Crippen molar-refractivity contribution in [1.82, 2.24) is 14.5 Å². The molecule has 4 N–H and O–H groups in total. The second kappa shape index (κ2) is 7.65. The van der Waals surface area contributed by atoms with Crippen LogP contribution in [0.15, 0.2) is 66.2 Å². The minimum absolute atomic E-state index is 0.0627. The van der Waals surface area contributed by atoms with Crippen molar-refractivity contribution in [1.29, 1.82) is 5.41 Å². The highest BCUT2D eigenvalue weighted by Crippen LogP contribution is 2.22. The zero-order chi connectivity index (χ0) is 20.3. The molecule has 0 aliphatic rings. The Labute approximate surface area is 163 Å². The second-order valence-electron chi connectivity index (χ2n) is 6.11. The molecule has 28 heavy (non-hydrogen) atoms. The van der Waals surface area contributed by atoms with Crippen molar-refractivity contribution in [3.05, 3.63) is 78.1 Å². The van der Waals surface area contributed by atoms with Crippen molar-refractivity contribution in [3.8, 4) is 0 Å². The number of benzene rings is 1. The fourth-order valence-electron chi connectivity index (χ4n) is 2.61. The Morgan fingerprint density at radius 3 is 2.54 bits per heavy atom. The number of aryl methyl sites for hydroxylation is 2. The Kier molecular flexibility index (Phi) is 5.27. The summed E-state index contributed by atoms with van der Waals surface area (Å²) in [6.07, 6.45) is 6.03. The number of rotatable bonds is 6. The maximum absolute atomic E-state index is 12.6. The van der Waals surface area contributed by atoms with Gasteiger partial charge in [0.1, 0.15) is 5.82 Å². The molecule has 2 aromatic heterocycles. The molecule has 9 heteroatoms. The van der Waals surface area contributed by atoms with Crippen molar-refractivity contribution in [3.63, 3.8) is 0 Å². The minimum atomic E-state index is -3.84. The first kappa shape index (κ1) is 19.3. The van der Waals surface area contributed by atoms with E-state index in [1.54, 1.807) is 67.3 Å². The highest BCUT2D eigenvalue weighted by atomic mass is 32.2. The predicted molar refractivity (Wildman–Crippen MR) is 108 cm³/mol. The van der Waals surface area contributed by atoms with Gasteiger partial charge in [-0.15, -0.1) is 0 Å². The van der Waals surface area contributed by atoms with Gasteiger partial charge in [-0.25, -0.2) is 4.98 Å². The van der Waals surface area contributed by atoms with E-state index in [0.29, 0.717) is 22.6 Å². The third-order valence-electron chi connectivity index (χ3n) is 4.19. The van der Waals surface area contributed by atoms with Gasteiger partial charge in [0.25, 0.3) is 10.0 Å². The molecule has 0 aliphatic heterocycles. The van der Waals surface area contributed by atoms with Gasteiger partial charge in [-0.1, -0.05) is 12.1 Å². The summed E-state index contributed by atoms with van der Waals surface area (Å²) in [6.45, 7) is 1.72. The molecule has 0 aliphatic carbocycles. The van der Waals surface area contributed by atoms with Crippen LogP contribution >= 0.6 is 0 Å². The van der Waals surface area contributed by atoms with E-state index in [4.69, 9.17) is 11.1 Å². The first-order valence-electron chi connectivity index (χ1n) is 8.36. The van der Waals surface area contributed by atoms with Crippen molar-refractivity contribution in [2.45, 2.75) is 11.9 Å². The molecule has 8 nitrogen and oxygen atoms in total. The lowest BCUT2D eigenvalue weighted by Gasteiger charge is -2.11. The van der Waals surface area contributed by atoms with Crippen molar-refractivity contribution in [2.24, 2.45) is 12.8 Å². The van der Waals surface area contributed by atoms with Crippen molar-refractivity contribution in [2.75, 3.05) is 4.72 Å². The first-order chi connectivity index (χ1) is 13.3. The molecule has 0 unspecified atom stereocenters. The summed E-state index contributed by atoms with van der Waals surface area (Å²) in [5, 5.41) is 8.42. The number of aromatic nitrogens is 3. The molecule has 0 bridgehead atoms. The van der Waals surface area contributed by atoms with Crippen LogP contribution in [0.25, 0.3) is 5.57 Å². The minimum Gasteiger partial charge on any atom is -0.404 e. The molecule has 1 aromatic carbocycles. The smallest absolute Gasteiger partial charge is 0.280 e. The fraction of sp³-hybridized carbons (Fsp3) is 0.105. The quantitative estimate of drug-likeness (QED) is 0.551. The van der Waals surface area contributed by atoms with Crippen LogP contribution in [0.2, 0.25) is 0 Å². The summed E-state index contributed by atoms with van der Waals surface area (Å²) in [4.78, 5) is 8.02. The van der Waals surface area contributed by atoms with Gasteiger partial charge in [0, 0.05) is 48.7 Å². The van der Waals surface area contributed by atoms with Crippen LogP contribution in [0.4, 0.5) is 5.69 Å². The Balaban J connectivity index is 1.89. The molecule has 0 spiro atoms. The van der Waals surface area contributed by atoms with Crippen molar-refractivity contribution >= 4 is 27.0 Å². The number of hydrogen-bond donors (Lipinski definition) is 3. The maximum Gasteiger partial charge on any atom is 0.280 e. The fourth-order valence-corrected chi connectivity index (χ4v) is 3.70. The molecule has 0 amide bonds. The van der Waals surface area contributed by atoms with E-state index in [1.807, 2.05) is 0 Å². The van der Waals surface area contributed by atoms with Gasteiger partial charge >= 0.3 is 0 Å². The van der Waals surface area contributed by atoms with Gasteiger partial charge < -0.3 is 10.3 Å². The molecule has 3 aromatic rings. The van der Waals surface area contributed by atoms with E-state index in [-0.39, 0.29) is 10.7 Å². The SMILES string of the molecule is Cc1nc(S(=O)(=O)Nc2cccc(C(=N)/C(=C\N)c3ccncc3)c2)cn1C. The topological polar surface area (TPSA) is 127 Å². The standard InChI is InChI=1S/C19H20N6O2S/c1-13-23-18(12-25(13)2)28(26,27)24-16-5-3-4-15(10-16)19(21)17(11-20)14-6-8-22-9-7-14/h3-12,21,24H,20H2,1-2H3/b17-11-,21-19?. The molecule has 0 fully saturated rings. The number of nitrogens with zero attached hydrogens (tertiary/aromatic N) is 3. The third-order valence-corrected chi connectivity index (χ3v) is 5.44. The number of anilines is 1. The van der Waals surface area contributed by atoms with Crippen LogP contribution in [-0.4, -0.2) is 28.7 Å². The average molecular weight is 396 g/mol. The number of sulfonamides is 1. The van der Waals surface area contributed by atoms with Crippen molar-refractivity contribution < 1.29 is 8.42 Å². The van der Waals surface area contributed by atoms with Crippen LogP contribution in [0, 0.1) is 12.3 Å². The van der Waals surface area contributed by atoms with Crippen LogP contribution < -0.4 is 10.5 Å². The van der Waals surface area contributed by atoms with Gasteiger partial charge in [0.05, 0.1) is 5.71 Å². The average Bonchev–Trinajstić information content (AvgIpc) is 3.03. The molecular formula is C19H20N6O2S. The highest BCUT2D eigenvalue weighted by Gasteiger charge is 2.19. The normalized spacial score (nSPS) is 12.0. The second-order valence-corrected chi connectivity index (χ2v) is 7.74.